The second-order valence-electron chi connectivity index (χ2n) is 7.95. The molecule has 1 atom stereocenters. The molecule has 2 saturated heterocycles. The number of amides is 2. The van der Waals surface area contributed by atoms with Gasteiger partial charge in [0.1, 0.15) is 17.8 Å². The van der Waals surface area contributed by atoms with Crippen LogP contribution in [-0.4, -0.2) is 48.1 Å². The Hall–Kier alpha value is -3.51. The van der Waals surface area contributed by atoms with E-state index in [2.05, 4.69) is 21.4 Å². The highest BCUT2D eigenvalue weighted by Crippen LogP contribution is 2.40. The van der Waals surface area contributed by atoms with Crippen molar-refractivity contribution in [1.82, 2.24) is 9.97 Å². The van der Waals surface area contributed by atoms with Gasteiger partial charge in [0, 0.05) is 30.7 Å². The molecule has 0 radical (unpaired) electrons. The van der Waals surface area contributed by atoms with Gasteiger partial charge in [0.2, 0.25) is 11.9 Å². The van der Waals surface area contributed by atoms with Crippen molar-refractivity contribution >= 4 is 35.0 Å². The number of carbonyl (C=O) groups excluding carboxylic acids is 2. The zero-order chi connectivity index (χ0) is 22.0. The fraction of sp³-hybridized carbons (Fsp3) is 0.409. The molecule has 160 valence electrons. The Morgan fingerprint density at radius 3 is 2.58 bits per heavy atom. The average molecular weight is 420 g/mol. The summed E-state index contributed by atoms with van der Waals surface area (Å²) >= 11 is 0. The van der Waals surface area contributed by atoms with Gasteiger partial charge in [-0.25, -0.2) is 4.98 Å². The third kappa shape index (κ3) is 3.82. The lowest BCUT2D eigenvalue weighted by atomic mass is 9.77. The molecule has 0 unspecified atom stereocenters. The highest BCUT2D eigenvalue weighted by molar-refractivity contribution is 6.01. The number of hydrogen-bond donors (Lipinski definition) is 1. The summed E-state index contributed by atoms with van der Waals surface area (Å²) < 4.78 is 5.16. The summed E-state index contributed by atoms with van der Waals surface area (Å²) in [6, 6.07) is 11.3. The quantitative estimate of drug-likeness (QED) is 0.791. The SMILES string of the molecule is CC(C)[C@]1(C#N)CCN(c2ccnc(Nc3ccc(N4CCOCC4=O)cc3)n2)C1=O. The standard InChI is InChI=1S/C22H24N6O3/c1-15(2)22(14-23)8-10-28(20(22)30)18-7-9-24-21(26-18)25-16-3-5-17(6-4-16)27-11-12-31-13-19(27)29/h3-7,9,15H,8,10-13H2,1-2H3,(H,24,25,26)/t22-/m1/s1. The topological polar surface area (TPSA) is 111 Å². The molecule has 31 heavy (non-hydrogen) atoms. The minimum absolute atomic E-state index is 0.0619. The van der Waals surface area contributed by atoms with Crippen LogP contribution in [0.2, 0.25) is 0 Å². The lowest BCUT2D eigenvalue weighted by Gasteiger charge is -2.27. The molecule has 9 nitrogen and oxygen atoms in total. The fourth-order valence-corrected chi connectivity index (χ4v) is 3.93. The molecule has 4 rings (SSSR count). The molecule has 2 aromatic rings. The molecule has 0 aliphatic carbocycles. The maximum absolute atomic E-state index is 13.0. The van der Waals surface area contributed by atoms with Gasteiger partial charge in [-0.2, -0.15) is 10.2 Å². The van der Waals surface area contributed by atoms with Gasteiger partial charge in [-0.3, -0.25) is 14.5 Å². The molecule has 1 N–H and O–H groups in total. The van der Waals surface area contributed by atoms with Crippen molar-refractivity contribution in [2.24, 2.45) is 11.3 Å². The Morgan fingerprint density at radius 1 is 1.16 bits per heavy atom. The summed E-state index contributed by atoms with van der Waals surface area (Å²) in [6.07, 6.45) is 2.06. The van der Waals surface area contributed by atoms with Crippen molar-refractivity contribution in [3.05, 3.63) is 36.5 Å². The van der Waals surface area contributed by atoms with Crippen LogP contribution in [0.15, 0.2) is 36.5 Å². The van der Waals surface area contributed by atoms with Crippen molar-refractivity contribution in [3.63, 3.8) is 0 Å². The van der Waals surface area contributed by atoms with E-state index in [0.29, 0.717) is 37.9 Å². The molecule has 2 fully saturated rings. The Labute approximate surface area is 180 Å². The fourth-order valence-electron chi connectivity index (χ4n) is 3.93. The Kier molecular flexibility index (Phi) is 5.57. The van der Waals surface area contributed by atoms with Gasteiger partial charge in [0.15, 0.2) is 0 Å². The van der Waals surface area contributed by atoms with Crippen LogP contribution in [-0.2, 0) is 14.3 Å². The summed E-state index contributed by atoms with van der Waals surface area (Å²) in [4.78, 5) is 36.9. The molecule has 2 aliphatic rings. The summed E-state index contributed by atoms with van der Waals surface area (Å²) in [6.45, 7) is 5.38. The predicted molar refractivity (Wildman–Crippen MR) is 115 cm³/mol. The van der Waals surface area contributed by atoms with Crippen LogP contribution in [0.3, 0.4) is 0 Å². The van der Waals surface area contributed by atoms with Crippen LogP contribution < -0.4 is 15.1 Å². The normalized spacial score (nSPS) is 21.5. The van der Waals surface area contributed by atoms with Gasteiger partial charge in [0.25, 0.3) is 5.91 Å². The van der Waals surface area contributed by atoms with E-state index >= 15 is 0 Å². The number of benzene rings is 1. The number of nitriles is 1. The van der Waals surface area contributed by atoms with Crippen molar-refractivity contribution in [1.29, 1.82) is 5.26 Å². The first kappa shape index (κ1) is 20.8. The zero-order valence-corrected chi connectivity index (χ0v) is 17.5. The molecule has 0 spiro atoms. The van der Waals surface area contributed by atoms with Crippen LogP contribution >= 0.6 is 0 Å². The number of anilines is 4. The van der Waals surface area contributed by atoms with Crippen molar-refractivity contribution < 1.29 is 14.3 Å². The largest absolute Gasteiger partial charge is 0.370 e. The maximum atomic E-state index is 13.0. The lowest BCUT2D eigenvalue weighted by Crippen LogP contribution is -2.41. The third-order valence-electron chi connectivity index (χ3n) is 5.88. The predicted octanol–water partition coefficient (Wildman–Crippen LogP) is 2.49. The van der Waals surface area contributed by atoms with Gasteiger partial charge in [-0.05, 0) is 42.7 Å². The van der Waals surface area contributed by atoms with E-state index in [-0.39, 0.29) is 24.3 Å². The molecule has 1 aromatic carbocycles. The van der Waals surface area contributed by atoms with E-state index < -0.39 is 5.41 Å². The monoisotopic (exact) mass is 420 g/mol. The van der Waals surface area contributed by atoms with Crippen molar-refractivity contribution in [2.45, 2.75) is 20.3 Å². The maximum Gasteiger partial charge on any atom is 0.253 e. The van der Waals surface area contributed by atoms with E-state index in [1.54, 1.807) is 22.1 Å². The first-order valence-electron chi connectivity index (χ1n) is 10.3. The minimum Gasteiger partial charge on any atom is -0.370 e. The molecule has 0 saturated carbocycles. The summed E-state index contributed by atoms with van der Waals surface area (Å²) in [5.41, 5.74) is 0.547. The number of aromatic nitrogens is 2. The number of carbonyl (C=O) groups is 2. The first-order valence-corrected chi connectivity index (χ1v) is 10.3. The van der Waals surface area contributed by atoms with Gasteiger partial charge in [-0.15, -0.1) is 0 Å². The Morgan fingerprint density at radius 2 is 1.94 bits per heavy atom. The second-order valence-corrected chi connectivity index (χ2v) is 7.95. The van der Waals surface area contributed by atoms with Crippen molar-refractivity contribution in [2.75, 3.05) is 41.4 Å². The van der Waals surface area contributed by atoms with Gasteiger partial charge < -0.3 is 15.0 Å². The number of hydrogen-bond acceptors (Lipinski definition) is 7. The molecule has 2 aliphatic heterocycles. The highest BCUT2D eigenvalue weighted by Gasteiger charge is 2.50. The van der Waals surface area contributed by atoms with E-state index in [0.717, 1.165) is 11.4 Å². The second kappa shape index (κ2) is 8.32. The summed E-state index contributed by atoms with van der Waals surface area (Å²) in [5, 5.41) is 12.8. The van der Waals surface area contributed by atoms with Crippen LogP contribution in [0.5, 0.6) is 0 Å². The first-order chi connectivity index (χ1) is 14.9. The summed E-state index contributed by atoms with van der Waals surface area (Å²) in [7, 11) is 0. The molecular formula is C22H24N6O3. The smallest absolute Gasteiger partial charge is 0.253 e. The highest BCUT2D eigenvalue weighted by atomic mass is 16.5. The zero-order valence-electron chi connectivity index (χ0n) is 17.5. The number of ether oxygens (including phenoxy) is 1. The third-order valence-corrected chi connectivity index (χ3v) is 5.88. The van der Waals surface area contributed by atoms with Crippen LogP contribution in [0.25, 0.3) is 0 Å². The van der Waals surface area contributed by atoms with E-state index in [1.165, 1.54) is 0 Å². The molecule has 2 amide bonds. The van der Waals surface area contributed by atoms with E-state index in [9.17, 15) is 14.9 Å². The lowest BCUT2D eigenvalue weighted by molar-refractivity contribution is -0.126. The number of morpholine rings is 1. The van der Waals surface area contributed by atoms with Crippen LogP contribution in [0.1, 0.15) is 20.3 Å². The Balaban J connectivity index is 1.49. The number of rotatable bonds is 5. The molecule has 9 heteroatoms. The molecule has 3 heterocycles. The molecular weight excluding hydrogens is 396 g/mol. The van der Waals surface area contributed by atoms with Crippen LogP contribution in [0.4, 0.5) is 23.1 Å². The van der Waals surface area contributed by atoms with Gasteiger partial charge in [0.05, 0.1) is 12.7 Å². The molecule has 1 aromatic heterocycles. The van der Waals surface area contributed by atoms with Crippen molar-refractivity contribution in [3.8, 4) is 6.07 Å². The average Bonchev–Trinajstić information content (AvgIpc) is 3.12. The van der Waals surface area contributed by atoms with E-state index in [1.807, 2.05) is 38.1 Å². The van der Waals surface area contributed by atoms with E-state index in [4.69, 9.17) is 4.74 Å². The number of nitrogens with zero attached hydrogens (tertiary/aromatic N) is 5. The minimum atomic E-state index is -1.01. The van der Waals surface area contributed by atoms with Crippen LogP contribution in [0, 0.1) is 22.7 Å². The van der Waals surface area contributed by atoms with Gasteiger partial charge >= 0.3 is 0 Å². The summed E-state index contributed by atoms with van der Waals surface area (Å²) in [5.74, 6) is 0.462. The molecule has 0 bridgehead atoms. The number of nitrogens with one attached hydrogen (secondary N) is 1. The van der Waals surface area contributed by atoms with Gasteiger partial charge in [-0.1, -0.05) is 13.8 Å². The Bertz CT molecular complexity index is 1030.